The number of halogens is 2. The second-order valence-electron chi connectivity index (χ2n) is 3.57. The number of hydrogen-bond acceptors (Lipinski definition) is 1. The van der Waals surface area contributed by atoms with E-state index in [1.807, 2.05) is 20.0 Å². The van der Waals surface area contributed by atoms with Gasteiger partial charge in [0.05, 0.1) is 10.5 Å². The molecule has 0 aliphatic rings. The molecular formula is C11H12Cl2N2. The predicted molar refractivity (Wildman–Crippen MR) is 65.8 cm³/mol. The van der Waals surface area contributed by atoms with Crippen molar-refractivity contribution in [3.8, 4) is 0 Å². The van der Waals surface area contributed by atoms with Gasteiger partial charge in [0.2, 0.25) is 0 Å². The van der Waals surface area contributed by atoms with Gasteiger partial charge in [0.15, 0.2) is 0 Å². The number of aryl methyl sites for hydroxylation is 1. The summed E-state index contributed by atoms with van der Waals surface area (Å²) in [7, 11) is 1.92. The Morgan fingerprint density at radius 3 is 2.73 bits per heavy atom. The Morgan fingerprint density at radius 1 is 1.33 bits per heavy atom. The molecule has 2 aromatic rings. The maximum absolute atomic E-state index is 6.11. The normalized spacial score (nSPS) is 11.2. The fraction of sp³-hybridized carbons (Fsp3) is 0.273. The molecule has 0 unspecified atom stereocenters. The van der Waals surface area contributed by atoms with E-state index in [0.717, 1.165) is 23.1 Å². The number of H-pyrrole nitrogens is 1. The number of hydrogen-bond donors (Lipinski definition) is 2. The number of fused-ring (bicyclic) bond motifs is 1. The van der Waals surface area contributed by atoms with Gasteiger partial charge in [-0.3, -0.25) is 0 Å². The number of aromatic amines is 1. The van der Waals surface area contributed by atoms with Crippen molar-refractivity contribution in [2.75, 3.05) is 7.05 Å². The molecule has 4 heteroatoms. The van der Waals surface area contributed by atoms with E-state index < -0.39 is 0 Å². The van der Waals surface area contributed by atoms with E-state index >= 15 is 0 Å². The van der Waals surface area contributed by atoms with Crippen LogP contribution in [0.5, 0.6) is 0 Å². The Morgan fingerprint density at radius 2 is 2.07 bits per heavy atom. The van der Waals surface area contributed by atoms with Crippen molar-refractivity contribution in [3.63, 3.8) is 0 Å². The zero-order chi connectivity index (χ0) is 11.0. The summed E-state index contributed by atoms with van der Waals surface area (Å²) in [5, 5.41) is 5.57. The lowest BCUT2D eigenvalue weighted by atomic mass is 10.1. The van der Waals surface area contributed by atoms with Crippen LogP contribution in [0, 0.1) is 6.92 Å². The molecule has 2 N–H and O–H groups in total. The van der Waals surface area contributed by atoms with Crippen LogP contribution in [0.1, 0.15) is 11.3 Å². The van der Waals surface area contributed by atoms with E-state index in [2.05, 4.69) is 10.3 Å². The summed E-state index contributed by atoms with van der Waals surface area (Å²) in [6.07, 6.45) is 0. The Balaban J connectivity index is 2.74. The molecule has 0 aliphatic heterocycles. The van der Waals surface area contributed by atoms with Gasteiger partial charge < -0.3 is 10.3 Å². The van der Waals surface area contributed by atoms with Gasteiger partial charge in [-0.1, -0.05) is 23.2 Å². The SMILES string of the molecule is CNCc1c(C)[nH]c2c(Cl)cc(Cl)cc12. The molecule has 0 radical (unpaired) electrons. The van der Waals surface area contributed by atoms with Crippen LogP contribution >= 0.6 is 23.2 Å². The minimum Gasteiger partial charge on any atom is -0.357 e. The highest BCUT2D eigenvalue weighted by Gasteiger charge is 2.10. The quantitative estimate of drug-likeness (QED) is 0.829. The van der Waals surface area contributed by atoms with Crippen molar-refractivity contribution >= 4 is 34.1 Å². The molecule has 1 heterocycles. The van der Waals surface area contributed by atoms with Crippen LogP contribution in [0.4, 0.5) is 0 Å². The highest BCUT2D eigenvalue weighted by Crippen LogP contribution is 2.31. The summed E-state index contributed by atoms with van der Waals surface area (Å²) >= 11 is 12.1. The number of benzene rings is 1. The number of nitrogens with one attached hydrogen (secondary N) is 2. The van der Waals surface area contributed by atoms with E-state index in [1.54, 1.807) is 6.07 Å². The minimum atomic E-state index is 0.669. The van der Waals surface area contributed by atoms with Gasteiger partial charge in [0.1, 0.15) is 0 Å². The van der Waals surface area contributed by atoms with E-state index in [0.29, 0.717) is 10.0 Å². The Kier molecular flexibility index (Phi) is 2.91. The molecular weight excluding hydrogens is 231 g/mol. The third kappa shape index (κ3) is 1.85. The minimum absolute atomic E-state index is 0.669. The van der Waals surface area contributed by atoms with E-state index in [4.69, 9.17) is 23.2 Å². The van der Waals surface area contributed by atoms with Crippen molar-refractivity contribution in [1.29, 1.82) is 0 Å². The van der Waals surface area contributed by atoms with Gasteiger partial charge in [-0.05, 0) is 31.7 Å². The summed E-state index contributed by atoms with van der Waals surface area (Å²) in [5.41, 5.74) is 3.31. The van der Waals surface area contributed by atoms with Gasteiger partial charge >= 0.3 is 0 Å². The Labute approximate surface area is 98.6 Å². The fourth-order valence-electron chi connectivity index (χ4n) is 1.81. The van der Waals surface area contributed by atoms with Gasteiger partial charge in [0, 0.05) is 22.6 Å². The molecule has 0 atom stereocenters. The maximum Gasteiger partial charge on any atom is 0.0662 e. The van der Waals surface area contributed by atoms with E-state index in [-0.39, 0.29) is 0 Å². The first-order valence-electron chi connectivity index (χ1n) is 4.74. The number of rotatable bonds is 2. The lowest BCUT2D eigenvalue weighted by molar-refractivity contribution is 0.817. The van der Waals surface area contributed by atoms with Crippen LogP contribution in [0.3, 0.4) is 0 Å². The van der Waals surface area contributed by atoms with Gasteiger partial charge in [-0.2, -0.15) is 0 Å². The fourth-order valence-corrected chi connectivity index (χ4v) is 2.35. The summed E-state index contributed by atoms with van der Waals surface area (Å²) in [5.74, 6) is 0. The molecule has 0 bridgehead atoms. The smallest absolute Gasteiger partial charge is 0.0662 e. The zero-order valence-corrected chi connectivity index (χ0v) is 10.1. The van der Waals surface area contributed by atoms with Crippen LogP contribution in [0.15, 0.2) is 12.1 Å². The topological polar surface area (TPSA) is 27.8 Å². The first-order chi connectivity index (χ1) is 7.13. The summed E-state index contributed by atoms with van der Waals surface area (Å²) in [6.45, 7) is 2.85. The van der Waals surface area contributed by atoms with Crippen LogP contribution < -0.4 is 5.32 Å². The monoisotopic (exact) mass is 242 g/mol. The second-order valence-corrected chi connectivity index (χ2v) is 4.41. The molecule has 0 amide bonds. The first kappa shape index (κ1) is 10.8. The molecule has 0 saturated heterocycles. The van der Waals surface area contributed by atoms with E-state index in [1.165, 1.54) is 5.56 Å². The van der Waals surface area contributed by atoms with Crippen molar-refractivity contribution in [3.05, 3.63) is 33.4 Å². The van der Waals surface area contributed by atoms with Crippen molar-refractivity contribution in [1.82, 2.24) is 10.3 Å². The van der Waals surface area contributed by atoms with Gasteiger partial charge in [-0.15, -0.1) is 0 Å². The van der Waals surface area contributed by atoms with Crippen molar-refractivity contribution < 1.29 is 0 Å². The van der Waals surface area contributed by atoms with Crippen LogP contribution in [-0.4, -0.2) is 12.0 Å². The average molecular weight is 243 g/mol. The molecule has 15 heavy (non-hydrogen) atoms. The molecule has 0 saturated carbocycles. The highest BCUT2D eigenvalue weighted by atomic mass is 35.5. The summed E-state index contributed by atoms with van der Waals surface area (Å²) in [6, 6.07) is 3.70. The molecule has 1 aromatic heterocycles. The van der Waals surface area contributed by atoms with Gasteiger partial charge in [-0.25, -0.2) is 0 Å². The summed E-state index contributed by atoms with van der Waals surface area (Å²) < 4.78 is 0. The second kappa shape index (κ2) is 4.05. The zero-order valence-electron chi connectivity index (χ0n) is 8.62. The Hall–Kier alpha value is -0.700. The molecule has 0 spiro atoms. The molecule has 80 valence electrons. The number of aromatic nitrogens is 1. The lowest BCUT2D eigenvalue weighted by Gasteiger charge is -2.00. The largest absolute Gasteiger partial charge is 0.357 e. The molecule has 2 rings (SSSR count). The highest BCUT2D eigenvalue weighted by molar-refractivity contribution is 6.38. The molecule has 1 aromatic carbocycles. The standard InChI is InChI=1S/C11H12Cl2N2/c1-6-9(5-14-2)8-3-7(12)4-10(13)11(8)15-6/h3-4,14-15H,5H2,1-2H3. The Bertz CT molecular complexity index is 503. The molecule has 2 nitrogen and oxygen atoms in total. The maximum atomic E-state index is 6.11. The summed E-state index contributed by atoms with van der Waals surface area (Å²) in [4.78, 5) is 3.28. The first-order valence-corrected chi connectivity index (χ1v) is 5.50. The van der Waals surface area contributed by atoms with Crippen molar-refractivity contribution in [2.45, 2.75) is 13.5 Å². The van der Waals surface area contributed by atoms with Crippen LogP contribution in [0.2, 0.25) is 10.0 Å². The molecule has 0 fully saturated rings. The van der Waals surface area contributed by atoms with Gasteiger partial charge in [0.25, 0.3) is 0 Å². The molecule has 0 aliphatic carbocycles. The van der Waals surface area contributed by atoms with Crippen LogP contribution in [-0.2, 0) is 6.54 Å². The van der Waals surface area contributed by atoms with E-state index in [9.17, 15) is 0 Å². The third-order valence-corrected chi connectivity index (χ3v) is 3.02. The van der Waals surface area contributed by atoms with Crippen LogP contribution in [0.25, 0.3) is 10.9 Å². The van der Waals surface area contributed by atoms with Crippen molar-refractivity contribution in [2.24, 2.45) is 0 Å². The predicted octanol–water partition coefficient (Wildman–Crippen LogP) is 3.50. The average Bonchev–Trinajstić information content (AvgIpc) is 2.46. The third-order valence-electron chi connectivity index (χ3n) is 2.50. The lowest BCUT2D eigenvalue weighted by Crippen LogP contribution is -2.05.